The summed E-state index contributed by atoms with van der Waals surface area (Å²) in [6.07, 6.45) is 0. The molecule has 8 aromatic carbocycles. The fraction of sp³-hybridized carbons (Fsp3) is 0.0185. The summed E-state index contributed by atoms with van der Waals surface area (Å²) in [5, 5.41) is 5.91. The lowest BCUT2D eigenvalue weighted by atomic mass is 9.89. The first-order chi connectivity index (χ1) is 29.6. The van der Waals surface area contributed by atoms with Crippen molar-refractivity contribution in [2.24, 2.45) is 15.0 Å². The summed E-state index contributed by atoms with van der Waals surface area (Å²) in [7, 11) is 1.96. The monoisotopic (exact) mass is 773 g/mol. The van der Waals surface area contributed by atoms with Gasteiger partial charge in [-0.25, -0.2) is 15.0 Å². The molecule has 1 aliphatic heterocycles. The van der Waals surface area contributed by atoms with Gasteiger partial charge in [-0.3, -0.25) is 0 Å². The van der Waals surface area contributed by atoms with Crippen LogP contribution in [0.1, 0.15) is 16.7 Å². The Balaban J connectivity index is 1.22. The lowest BCUT2D eigenvalue weighted by Gasteiger charge is -2.24. The number of nitrogens with zero attached hydrogens (tertiary/aromatic N) is 4. The van der Waals surface area contributed by atoms with E-state index in [1.165, 1.54) is 16.3 Å². The molecule has 9 aromatic rings. The topological polar surface area (TPSA) is 63.3 Å². The summed E-state index contributed by atoms with van der Waals surface area (Å²) in [6.45, 7) is 8.24. The second kappa shape index (κ2) is 15.3. The molecule has 2 heterocycles. The maximum Gasteiger partial charge on any atom is 0.162 e. The largest absolute Gasteiger partial charge is 0.457 e. The van der Waals surface area contributed by atoms with Crippen LogP contribution >= 0.6 is 0 Å². The molecule has 286 valence electrons. The van der Waals surface area contributed by atoms with Crippen molar-refractivity contribution in [3.8, 4) is 44.8 Å². The van der Waals surface area contributed by atoms with Crippen LogP contribution in [-0.2, 0) is 0 Å². The molecule has 6 nitrogen and oxygen atoms in total. The van der Waals surface area contributed by atoms with E-state index in [2.05, 4.69) is 137 Å². The number of aliphatic imine (C=N–C) groups is 3. The highest BCUT2D eigenvalue weighted by Crippen LogP contribution is 2.48. The Morgan fingerprint density at radius 2 is 1.17 bits per heavy atom. The van der Waals surface area contributed by atoms with Crippen LogP contribution in [0, 0.1) is 0 Å². The Labute approximate surface area is 348 Å². The van der Waals surface area contributed by atoms with E-state index in [0.29, 0.717) is 23.1 Å². The van der Waals surface area contributed by atoms with Crippen LogP contribution < -0.4 is 10.1 Å². The van der Waals surface area contributed by atoms with Crippen LogP contribution in [0.4, 0.5) is 11.4 Å². The van der Waals surface area contributed by atoms with E-state index in [1.807, 2.05) is 85.9 Å². The summed E-state index contributed by atoms with van der Waals surface area (Å²) in [4.78, 5) is 14.9. The highest BCUT2D eigenvalue weighted by Gasteiger charge is 2.25. The highest BCUT2D eigenvalue weighted by molar-refractivity contribution is 6.14. The zero-order chi connectivity index (χ0) is 40.6. The molecule has 0 bridgehead atoms. The van der Waals surface area contributed by atoms with E-state index < -0.39 is 0 Å². The van der Waals surface area contributed by atoms with E-state index in [9.17, 15) is 0 Å². The number of rotatable bonds is 7. The minimum atomic E-state index is 0.473. The Kier molecular flexibility index (Phi) is 9.27. The third-order valence-electron chi connectivity index (χ3n) is 11.1. The zero-order valence-electron chi connectivity index (χ0n) is 33.0. The van der Waals surface area contributed by atoms with Gasteiger partial charge in [-0.2, -0.15) is 0 Å². The van der Waals surface area contributed by atoms with Crippen LogP contribution in [-0.4, -0.2) is 30.0 Å². The average Bonchev–Trinajstić information content (AvgIpc) is 3.64. The molecule has 0 atom stereocenters. The molecule has 1 aliphatic rings. The fourth-order valence-electron chi connectivity index (χ4n) is 8.22. The maximum absolute atomic E-state index is 6.30. The van der Waals surface area contributed by atoms with E-state index in [-0.39, 0.29) is 0 Å². The lowest BCUT2D eigenvalue weighted by Crippen LogP contribution is -2.06. The summed E-state index contributed by atoms with van der Waals surface area (Å²) < 4.78 is 8.65. The predicted molar refractivity (Wildman–Crippen MR) is 251 cm³/mol. The van der Waals surface area contributed by atoms with E-state index in [4.69, 9.17) is 14.7 Å². The summed E-state index contributed by atoms with van der Waals surface area (Å²) >= 11 is 0. The van der Waals surface area contributed by atoms with Crippen molar-refractivity contribution in [3.05, 3.63) is 211 Å². The number of hydrogen-bond donors (Lipinski definition) is 1. The molecule has 60 heavy (non-hydrogen) atoms. The van der Waals surface area contributed by atoms with Gasteiger partial charge in [0.25, 0.3) is 0 Å². The molecule has 0 aliphatic carbocycles. The van der Waals surface area contributed by atoms with Gasteiger partial charge in [-0.15, -0.1) is 0 Å². The SMILES string of the molecule is C=NC(=NC(=Nc1cc2c(cc1-c1cc(-c3ccc4c5ccccc5n(-c5ccccc5)c4c3)ccc1NC)-c1ccccc1OC2=C)c1ccccc1)c1ccccc1. The number of fused-ring (bicyclic) bond motifs is 6. The number of ether oxygens (including phenoxy) is 1. The minimum absolute atomic E-state index is 0.473. The Bertz CT molecular complexity index is 3180. The summed E-state index contributed by atoms with van der Waals surface area (Å²) in [5.41, 5.74) is 13.7. The number of hydrogen-bond acceptors (Lipinski definition) is 3. The maximum atomic E-state index is 6.30. The number of aromatic nitrogens is 1. The number of benzene rings is 8. The second-order valence-electron chi connectivity index (χ2n) is 14.6. The van der Waals surface area contributed by atoms with Gasteiger partial charge in [0.2, 0.25) is 0 Å². The lowest BCUT2D eigenvalue weighted by molar-refractivity contribution is 0.513. The van der Waals surface area contributed by atoms with Crippen molar-refractivity contribution in [2.75, 3.05) is 12.4 Å². The number of anilines is 1. The standard InChI is InChI=1S/C54H39N5O/c1-35-44-34-49(57-54(37-19-9-5-10-20-37)58-53(56-3)36-17-7-4-8-18-36)47(33-45(44)43-24-14-16-26-52(43)60-35)46-31-38(28-30-48(46)55-2)39-27-29-42-41-23-13-15-25-50(41)59(51(42)32-39)40-21-11-6-12-22-40/h4-34,55H,1,3H2,2H3. The summed E-state index contributed by atoms with van der Waals surface area (Å²) in [5.74, 6) is 2.28. The van der Waals surface area contributed by atoms with Crippen molar-refractivity contribution < 1.29 is 4.74 Å². The second-order valence-corrected chi connectivity index (χ2v) is 14.6. The number of para-hydroxylation sites is 3. The van der Waals surface area contributed by atoms with E-state index >= 15 is 0 Å². The van der Waals surface area contributed by atoms with Gasteiger partial charge in [-0.05, 0) is 78.0 Å². The summed E-state index contributed by atoms with van der Waals surface area (Å²) in [6, 6.07) is 64.7. The molecular weight excluding hydrogens is 735 g/mol. The molecule has 1 aromatic heterocycles. The first-order valence-corrected chi connectivity index (χ1v) is 19.9. The third kappa shape index (κ3) is 6.46. The van der Waals surface area contributed by atoms with Crippen LogP contribution in [0.5, 0.6) is 5.75 Å². The normalized spacial score (nSPS) is 12.5. The number of amidine groups is 2. The Morgan fingerprint density at radius 1 is 0.533 bits per heavy atom. The molecule has 0 saturated heterocycles. The number of nitrogens with one attached hydrogen (secondary N) is 1. The quantitative estimate of drug-likeness (QED) is 0.129. The zero-order valence-corrected chi connectivity index (χ0v) is 33.0. The van der Waals surface area contributed by atoms with Crippen LogP contribution in [0.2, 0.25) is 0 Å². The Morgan fingerprint density at radius 3 is 1.92 bits per heavy atom. The molecule has 0 radical (unpaired) electrons. The van der Waals surface area contributed by atoms with Crippen molar-refractivity contribution >= 4 is 57.3 Å². The van der Waals surface area contributed by atoms with Crippen molar-refractivity contribution in [3.63, 3.8) is 0 Å². The van der Waals surface area contributed by atoms with Crippen molar-refractivity contribution in [1.82, 2.24) is 4.57 Å². The average molecular weight is 774 g/mol. The van der Waals surface area contributed by atoms with Crippen LogP contribution in [0.3, 0.4) is 0 Å². The van der Waals surface area contributed by atoms with Crippen molar-refractivity contribution in [2.45, 2.75) is 0 Å². The highest BCUT2D eigenvalue weighted by atomic mass is 16.5. The Hall–Kier alpha value is -8.09. The molecular formula is C54H39N5O. The van der Waals surface area contributed by atoms with Gasteiger partial charge in [0.05, 0.1) is 16.7 Å². The molecule has 0 spiro atoms. The van der Waals surface area contributed by atoms with Gasteiger partial charge < -0.3 is 14.6 Å². The molecule has 10 rings (SSSR count). The van der Waals surface area contributed by atoms with E-state index in [1.54, 1.807) is 0 Å². The molecule has 0 saturated carbocycles. The van der Waals surface area contributed by atoms with Gasteiger partial charge in [0.15, 0.2) is 11.7 Å². The van der Waals surface area contributed by atoms with Gasteiger partial charge in [-0.1, -0.05) is 140 Å². The molecule has 6 heteroatoms. The van der Waals surface area contributed by atoms with Gasteiger partial charge in [0, 0.05) is 62.6 Å². The van der Waals surface area contributed by atoms with Crippen LogP contribution in [0.15, 0.2) is 210 Å². The van der Waals surface area contributed by atoms with E-state index in [0.717, 1.165) is 72.7 Å². The molecule has 0 fully saturated rings. The fourth-order valence-corrected chi connectivity index (χ4v) is 8.22. The van der Waals surface area contributed by atoms with Crippen molar-refractivity contribution in [1.29, 1.82) is 0 Å². The van der Waals surface area contributed by atoms with Crippen LogP contribution in [0.25, 0.3) is 66.6 Å². The molecule has 0 unspecified atom stereocenters. The third-order valence-corrected chi connectivity index (χ3v) is 11.1. The molecule has 1 N–H and O–H groups in total. The molecule has 0 amide bonds. The predicted octanol–water partition coefficient (Wildman–Crippen LogP) is 13.4. The smallest absolute Gasteiger partial charge is 0.162 e. The first kappa shape index (κ1) is 36.3. The first-order valence-electron chi connectivity index (χ1n) is 19.9. The van der Waals surface area contributed by atoms with Gasteiger partial charge in [0.1, 0.15) is 11.5 Å². The van der Waals surface area contributed by atoms with Gasteiger partial charge >= 0.3 is 0 Å². The minimum Gasteiger partial charge on any atom is -0.457 e.